The maximum absolute atomic E-state index is 11.4. The van der Waals surface area contributed by atoms with Gasteiger partial charge in [-0.05, 0) is 49.5 Å². The molecule has 25 heavy (non-hydrogen) atoms. The number of Topliss-reactive ketones (excluding diaryl/α,β-unsaturated/α-hetero) is 1. The van der Waals surface area contributed by atoms with Gasteiger partial charge in [0, 0.05) is 16.5 Å². The van der Waals surface area contributed by atoms with Gasteiger partial charge in [-0.25, -0.2) is 4.98 Å². The molecule has 2 aromatic carbocycles. The van der Waals surface area contributed by atoms with E-state index in [1.165, 1.54) is 17.1 Å². The maximum atomic E-state index is 11.4. The molecule has 5 heteroatoms. The molecule has 124 valence electrons. The fraction of sp³-hybridized carbons (Fsp3) is 0.150. The summed E-state index contributed by atoms with van der Waals surface area (Å²) in [5, 5.41) is 1.90. The molecule has 0 saturated heterocycles. The van der Waals surface area contributed by atoms with Crippen molar-refractivity contribution in [3.8, 4) is 22.2 Å². The molecule has 2 heterocycles. The Morgan fingerprint density at radius 1 is 1.04 bits per heavy atom. The van der Waals surface area contributed by atoms with Crippen LogP contribution in [-0.2, 0) is 0 Å². The number of hydrogen-bond acceptors (Lipinski definition) is 5. The molecule has 0 radical (unpaired) electrons. The number of hydrogen-bond donors (Lipinski definition) is 0. The van der Waals surface area contributed by atoms with Crippen molar-refractivity contribution in [3.63, 3.8) is 0 Å². The Balaban J connectivity index is 1.73. The molecule has 0 saturated carbocycles. The lowest BCUT2D eigenvalue weighted by Crippen LogP contribution is -1.90. The van der Waals surface area contributed by atoms with E-state index in [1.807, 2.05) is 37.3 Å². The summed E-state index contributed by atoms with van der Waals surface area (Å²) in [7, 11) is 0. The molecule has 0 spiro atoms. The molecule has 2 aromatic heterocycles. The third kappa shape index (κ3) is 2.76. The molecule has 4 aromatic rings. The Kier molecular flexibility index (Phi) is 3.73. The van der Waals surface area contributed by atoms with Crippen molar-refractivity contribution >= 4 is 28.3 Å². The predicted octanol–water partition coefficient (Wildman–Crippen LogP) is 5.44. The van der Waals surface area contributed by atoms with E-state index in [2.05, 4.69) is 28.4 Å². The third-order valence-electron chi connectivity index (χ3n) is 4.28. The van der Waals surface area contributed by atoms with E-state index in [9.17, 15) is 4.79 Å². The minimum absolute atomic E-state index is 0.0533. The normalized spacial score (nSPS) is 11.2. The molecule has 0 unspecified atom stereocenters. The highest BCUT2D eigenvalue weighted by Gasteiger charge is 2.15. The Bertz CT molecular complexity index is 1050. The minimum atomic E-state index is 0.0533. The van der Waals surface area contributed by atoms with Crippen molar-refractivity contribution in [1.82, 2.24) is 9.36 Å². The highest BCUT2D eigenvalue weighted by atomic mass is 32.1. The maximum Gasteiger partial charge on any atom is 0.209 e. The number of ketones is 1. The van der Waals surface area contributed by atoms with Crippen LogP contribution < -0.4 is 0 Å². The van der Waals surface area contributed by atoms with E-state index in [0.717, 1.165) is 27.1 Å². The lowest BCUT2D eigenvalue weighted by molar-refractivity contribution is 0.101. The van der Waals surface area contributed by atoms with Gasteiger partial charge in [-0.1, -0.05) is 36.4 Å². The van der Waals surface area contributed by atoms with Crippen molar-refractivity contribution in [1.29, 1.82) is 0 Å². The third-order valence-corrected chi connectivity index (χ3v) is 5.05. The first-order chi connectivity index (χ1) is 12.0. The molecule has 0 N–H and O–H groups in total. The quantitative estimate of drug-likeness (QED) is 0.463. The first-order valence-corrected chi connectivity index (χ1v) is 8.75. The number of benzene rings is 2. The van der Waals surface area contributed by atoms with Gasteiger partial charge in [-0.2, -0.15) is 4.37 Å². The van der Waals surface area contributed by atoms with E-state index in [-0.39, 0.29) is 5.78 Å². The van der Waals surface area contributed by atoms with Crippen LogP contribution in [0.1, 0.15) is 28.4 Å². The van der Waals surface area contributed by atoms with Crippen LogP contribution in [0.15, 0.2) is 46.9 Å². The molecule has 0 amide bonds. The van der Waals surface area contributed by atoms with E-state index >= 15 is 0 Å². The summed E-state index contributed by atoms with van der Waals surface area (Å²) in [6.07, 6.45) is 0. The van der Waals surface area contributed by atoms with Gasteiger partial charge in [0.1, 0.15) is 10.6 Å². The van der Waals surface area contributed by atoms with E-state index in [4.69, 9.17) is 4.42 Å². The number of furan rings is 1. The van der Waals surface area contributed by atoms with Gasteiger partial charge in [0.15, 0.2) is 11.5 Å². The SMILES string of the molecule is CC(=O)c1ccc(-c2nc(-c3cc4c(C)ccc(C)c4o3)ns2)cc1. The van der Waals surface area contributed by atoms with Crippen molar-refractivity contribution in [2.45, 2.75) is 20.8 Å². The van der Waals surface area contributed by atoms with E-state index in [0.29, 0.717) is 17.1 Å². The summed E-state index contributed by atoms with van der Waals surface area (Å²) in [5.41, 5.74) is 4.79. The van der Waals surface area contributed by atoms with Crippen LogP contribution in [0.5, 0.6) is 0 Å². The number of aryl methyl sites for hydroxylation is 2. The number of nitrogens with zero attached hydrogens (tertiary/aromatic N) is 2. The zero-order valence-electron chi connectivity index (χ0n) is 14.2. The van der Waals surface area contributed by atoms with Crippen LogP contribution in [-0.4, -0.2) is 15.1 Å². The highest BCUT2D eigenvalue weighted by molar-refractivity contribution is 7.09. The minimum Gasteiger partial charge on any atom is -0.452 e. The van der Waals surface area contributed by atoms with Crippen molar-refractivity contribution in [2.24, 2.45) is 0 Å². The van der Waals surface area contributed by atoms with E-state index < -0.39 is 0 Å². The molecule has 0 aliphatic heterocycles. The molecule has 0 aliphatic carbocycles. The average molecular weight is 348 g/mol. The summed E-state index contributed by atoms with van der Waals surface area (Å²) in [4.78, 5) is 16.0. The summed E-state index contributed by atoms with van der Waals surface area (Å²) >= 11 is 1.32. The molecule has 0 bridgehead atoms. The Hall–Kier alpha value is -2.79. The lowest BCUT2D eigenvalue weighted by atomic mass is 10.1. The zero-order chi connectivity index (χ0) is 17.6. The standard InChI is InChI=1S/C20H16N2O2S/c1-11-4-5-12(2)18-16(11)10-17(24-18)19-21-20(25-22-19)15-8-6-14(7-9-15)13(3)23/h4-10H,1-3H3. The number of aromatic nitrogens is 2. The molecule has 0 atom stereocenters. The Morgan fingerprint density at radius 3 is 2.44 bits per heavy atom. The topological polar surface area (TPSA) is 56.0 Å². The summed E-state index contributed by atoms with van der Waals surface area (Å²) < 4.78 is 10.4. The van der Waals surface area contributed by atoms with Gasteiger partial charge < -0.3 is 4.42 Å². The van der Waals surface area contributed by atoms with Gasteiger partial charge in [0.25, 0.3) is 0 Å². The molecule has 0 fully saturated rings. The first kappa shape index (κ1) is 15.7. The second-order valence-corrected chi connectivity index (χ2v) is 6.86. The summed E-state index contributed by atoms with van der Waals surface area (Å²) in [6.45, 7) is 5.66. The van der Waals surface area contributed by atoms with Gasteiger partial charge in [-0.15, -0.1) is 0 Å². The monoisotopic (exact) mass is 348 g/mol. The van der Waals surface area contributed by atoms with Gasteiger partial charge >= 0.3 is 0 Å². The molecular formula is C20H16N2O2S. The second-order valence-electron chi connectivity index (χ2n) is 6.11. The number of rotatable bonds is 3. The number of carbonyl (C=O) groups excluding carboxylic acids is 1. The Labute approximate surface area is 149 Å². The van der Waals surface area contributed by atoms with Crippen molar-refractivity contribution in [3.05, 3.63) is 59.2 Å². The van der Waals surface area contributed by atoms with Crippen molar-refractivity contribution < 1.29 is 9.21 Å². The van der Waals surface area contributed by atoms with Gasteiger partial charge in [0.2, 0.25) is 5.82 Å². The van der Waals surface area contributed by atoms with Crippen LogP contribution in [0.25, 0.3) is 33.1 Å². The summed E-state index contributed by atoms with van der Waals surface area (Å²) in [6, 6.07) is 13.6. The Morgan fingerprint density at radius 2 is 1.76 bits per heavy atom. The predicted molar refractivity (Wildman–Crippen MR) is 100 cm³/mol. The van der Waals surface area contributed by atoms with E-state index in [1.54, 1.807) is 6.92 Å². The van der Waals surface area contributed by atoms with Crippen LogP contribution in [0.4, 0.5) is 0 Å². The average Bonchev–Trinajstić information content (AvgIpc) is 3.26. The van der Waals surface area contributed by atoms with Gasteiger partial charge in [-0.3, -0.25) is 4.79 Å². The van der Waals surface area contributed by atoms with Crippen molar-refractivity contribution in [2.75, 3.05) is 0 Å². The largest absolute Gasteiger partial charge is 0.452 e. The fourth-order valence-corrected chi connectivity index (χ4v) is 3.46. The lowest BCUT2D eigenvalue weighted by Gasteiger charge is -1.97. The van der Waals surface area contributed by atoms with Crippen LogP contribution in [0.2, 0.25) is 0 Å². The zero-order valence-corrected chi connectivity index (χ0v) is 15.0. The molecule has 4 nitrogen and oxygen atoms in total. The molecular weight excluding hydrogens is 332 g/mol. The highest BCUT2D eigenvalue weighted by Crippen LogP contribution is 2.32. The second kappa shape index (κ2) is 5.93. The number of carbonyl (C=O) groups is 1. The van der Waals surface area contributed by atoms with Crippen LogP contribution in [0, 0.1) is 13.8 Å². The first-order valence-electron chi connectivity index (χ1n) is 7.98. The van der Waals surface area contributed by atoms with Crippen LogP contribution >= 0.6 is 11.5 Å². The molecule has 0 aliphatic rings. The smallest absolute Gasteiger partial charge is 0.209 e. The fourth-order valence-electron chi connectivity index (χ4n) is 2.79. The van der Waals surface area contributed by atoms with Crippen LogP contribution in [0.3, 0.4) is 0 Å². The molecule has 4 rings (SSSR count). The van der Waals surface area contributed by atoms with Gasteiger partial charge in [0.05, 0.1) is 0 Å². The summed E-state index contributed by atoms with van der Waals surface area (Å²) in [5.74, 6) is 1.32. The number of fused-ring (bicyclic) bond motifs is 1.